The summed E-state index contributed by atoms with van der Waals surface area (Å²) in [5.41, 5.74) is 2.58. The molecule has 0 heterocycles. The second-order valence-electron chi connectivity index (χ2n) is 5.59. The summed E-state index contributed by atoms with van der Waals surface area (Å²) in [6.07, 6.45) is 12.4. The van der Waals surface area contributed by atoms with Gasteiger partial charge in [0.2, 0.25) is 0 Å². The summed E-state index contributed by atoms with van der Waals surface area (Å²) in [6, 6.07) is 8.59. The average molecular weight is 274 g/mol. The molecule has 0 fully saturated rings. The minimum Gasteiger partial charge on any atom is -0.377 e. The highest BCUT2D eigenvalue weighted by molar-refractivity contribution is 5.20. The van der Waals surface area contributed by atoms with Crippen LogP contribution < -0.4 is 0 Å². The lowest BCUT2D eigenvalue weighted by Gasteiger charge is -2.05. The Bertz CT molecular complexity index is 339. The fourth-order valence-corrected chi connectivity index (χ4v) is 2.25. The van der Waals surface area contributed by atoms with Crippen LogP contribution in [0.2, 0.25) is 0 Å². The molecule has 0 amide bonds. The number of rotatable bonds is 12. The summed E-state index contributed by atoms with van der Waals surface area (Å²) in [5, 5.41) is 0. The van der Waals surface area contributed by atoms with Crippen LogP contribution in [-0.4, -0.2) is 6.61 Å². The van der Waals surface area contributed by atoms with Crippen LogP contribution in [0.25, 0.3) is 0 Å². The second kappa shape index (κ2) is 11.7. The van der Waals surface area contributed by atoms with Gasteiger partial charge in [-0.05, 0) is 31.7 Å². The third kappa shape index (κ3) is 8.92. The normalized spacial score (nSPS) is 10.7. The van der Waals surface area contributed by atoms with Gasteiger partial charge in [0.05, 0.1) is 6.61 Å². The van der Waals surface area contributed by atoms with Gasteiger partial charge in [-0.2, -0.15) is 0 Å². The summed E-state index contributed by atoms with van der Waals surface area (Å²) in [5.74, 6) is 0. The van der Waals surface area contributed by atoms with Crippen molar-refractivity contribution < 1.29 is 4.74 Å². The first kappa shape index (κ1) is 17.0. The van der Waals surface area contributed by atoms with Crippen LogP contribution in [0.4, 0.5) is 0 Å². The van der Waals surface area contributed by atoms with E-state index in [1.54, 1.807) is 0 Å². The minimum atomic E-state index is 0.752. The Morgan fingerprint density at radius 3 is 2.15 bits per heavy atom. The number of hydrogen-bond acceptors (Lipinski definition) is 1. The molecule has 1 nitrogen and oxygen atoms in total. The highest BCUT2D eigenvalue weighted by atomic mass is 16.5. The summed E-state index contributed by atoms with van der Waals surface area (Å²) in [7, 11) is 0. The van der Waals surface area contributed by atoms with Gasteiger partial charge >= 0.3 is 0 Å². The first-order valence-electron chi connectivity index (χ1n) is 8.07. The van der Waals surface area contributed by atoms with Gasteiger partial charge in [0, 0.05) is 6.61 Å². The molecule has 0 saturated heterocycles. The van der Waals surface area contributed by atoms with Crippen molar-refractivity contribution in [3.8, 4) is 0 Å². The van der Waals surface area contributed by atoms with Crippen LogP contribution in [0.3, 0.4) is 0 Å². The maximum Gasteiger partial charge on any atom is 0.0716 e. The average Bonchev–Trinajstić information content (AvgIpc) is 2.47. The summed E-state index contributed by atoms with van der Waals surface area (Å²) in [4.78, 5) is 0. The lowest BCUT2D eigenvalue weighted by atomic mass is 10.1. The lowest BCUT2D eigenvalue weighted by molar-refractivity contribution is 0.116. The zero-order valence-corrected chi connectivity index (χ0v) is 13.1. The van der Waals surface area contributed by atoms with Crippen molar-refractivity contribution in [2.75, 3.05) is 6.61 Å². The molecule has 1 rings (SSSR count). The van der Waals surface area contributed by atoms with Gasteiger partial charge in [-0.25, -0.2) is 0 Å². The SMILES string of the molecule is C=CCCCCCCCCCOCc1ccc(C)cc1. The van der Waals surface area contributed by atoms with Crippen molar-refractivity contribution in [3.05, 3.63) is 48.0 Å². The molecular formula is C19H30O. The second-order valence-corrected chi connectivity index (χ2v) is 5.59. The molecule has 0 saturated carbocycles. The highest BCUT2D eigenvalue weighted by Gasteiger charge is 1.94. The Kier molecular flexibility index (Phi) is 9.95. The third-order valence-corrected chi connectivity index (χ3v) is 3.59. The zero-order valence-electron chi connectivity index (χ0n) is 13.1. The standard InChI is InChI=1S/C19H30O/c1-3-4-5-6-7-8-9-10-11-16-20-17-19-14-12-18(2)13-15-19/h3,12-15H,1,4-11,16-17H2,2H3. The smallest absolute Gasteiger partial charge is 0.0716 e. The highest BCUT2D eigenvalue weighted by Crippen LogP contribution is 2.09. The van der Waals surface area contributed by atoms with Gasteiger partial charge in [-0.15, -0.1) is 6.58 Å². The molecule has 0 atom stereocenters. The van der Waals surface area contributed by atoms with Gasteiger partial charge in [0.25, 0.3) is 0 Å². The summed E-state index contributed by atoms with van der Waals surface area (Å²) in [6.45, 7) is 7.51. The van der Waals surface area contributed by atoms with Crippen molar-refractivity contribution in [1.82, 2.24) is 0 Å². The Hall–Kier alpha value is -1.08. The first-order valence-corrected chi connectivity index (χ1v) is 8.07. The van der Waals surface area contributed by atoms with E-state index in [2.05, 4.69) is 37.8 Å². The van der Waals surface area contributed by atoms with Crippen LogP contribution in [-0.2, 0) is 11.3 Å². The van der Waals surface area contributed by atoms with E-state index in [0.29, 0.717) is 0 Å². The monoisotopic (exact) mass is 274 g/mol. The molecule has 0 aliphatic rings. The Morgan fingerprint density at radius 1 is 0.900 bits per heavy atom. The molecule has 0 aromatic heterocycles. The largest absolute Gasteiger partial charge is 0.377 e. The molecule has 20 heavy (non-hydrogen) atoms. The van der Waals surface area contributed by atoms with Crippen LogP contribution in [0.1, 0.15) is 62.5 Å². The van der Waals surface area contributed by atoms with Gasteiger partial charge < -0.3 is 4.74 Å². The zero-order chi connectivity index (χ0) is 14.5. The summed E-state index contributed by atoms with van der Waals surface area (Å²) < 4.78 is 5.71. The van der Waals surface area contributed by atoms with E-state index >= 15 is 0 Å². The number of aryl methyl sites for hydroxylation is 1. The van der Waals surface area contributed by atoms with Crippen LogP contribution in [0.5, 0.6) is 0 Å². The predicted octanol–water partition coefficient (Wildman–Crippen LogP) is 5.82. The molecule has 112 valence electrons. The van der Waals surface area contributed by atoms with Crippen molar-refractivity contribution in [3.63, 3.8) is 0 Å². The Labute approximate surface area is 125 Å². The fraction of sp³-hybridized carbons (Fsp3) is 0.579. The third-order valence-electron chi connectivity index (χ3n) is 3.59. The van der Waals surface area contributed by atoms with Gasteiger partial charge in [0.1, 0.15) is 0 Å². The molecule has 0 aliphatic heterocycles. The van der Waals surface area contributed by atoms with Crippen LogP contribution >= 0.6 is 0 Å². The number of unbranched alkanes of at least 4 members (excludes halogenated alkanes) is 7. The Morgan fingerprint density at radius 2 is 1.50 bits per heavy atom. The number of hydrogen-bond donors (Lipinski definition) is 0. The molecule has 1 aromatic rings. The van der Waals surface area contributed by atoms with Crippen molar-refractivity contribution in [2.24, 2.45) is 0 Å². The van der Waals surface area contributed by atoms with Gasteiger partial charge in [0.15, 0.2) is 0 Å². The predicted molar refractivity (Wildman–Crippen MR) is 88.0 cm³/mol. The van der Waals surface area contributed by atoms with Crippen molar-refractivity contribution in [1.29, 1.82) is 0 Å². The fourth-order valence-electron chi connectivity index (χ4n) is 2.25. The first-order chi connectivity index (χ1) is 9.83. The molecule has 0 radical (unpaired) electrons. The number of ether oxygens (including phenoxy) is 1. The quantitative estimate of drug-likeness (QED) is 0.345. The molecule has 0 spiro atoms. The van der Waals surface area contributed by atoms with Gasteiger partial charge in [-0.1, -0.05) is 68.0 Å². The Balaban J connectivity index is 1.85. The van der Waals surface area contributed by atoms with Gasteiger partial charge in [-0.3, -0.25) is 0 Å². The molecule has 0 unspecified atom stereocenters. The molecule has 1 aromatic carbocycles. The van der Waals surface area contributed by atoms with Crippen molar-refractivity contribution in [2.45, 2.75) is 64.9 Å². The van der Waals surface area contributed by atoms with E-state index < -0.39 is 0 Å². The molecular weight excluding hydrogens is 244 g/mol. The lowest BCUT2D eigenvalue weighted by Crippen LogP contribution is -1.95. The minimum absolute atomic E-state index is 0.752. The van der Waals surface area contributed by atoms with Crippen LogP contribution in [0.15, 0.2) is 36.9 Å². The maximum atomic E-state index is 5.71. The maximum absolute atomic E-state index is 5.71. The van der Waals surface area contributed by atoms with E-state index in [4.69, 9.17) is 4.74 Å². The number of allylic oxidation sites excluding steroid dienone is 1. The van der Waals surface area contributed by atoms with Crippen LogP contribution in [0, 0.1) is 6.92 Å². The topological polar surface area (TPSA) is 9.23 Å². The van der Waals surface area contributed by atoms with E-state index in [9.17, 15) is 0 Å². The molecule has 0 N–H and O–H groups in total. The summed E-state index contributed by atoms with van der Waals surface area (Å²) >= 11 is 0. The number of benzene rings is 1. The molecule has 1 heteroatoms. The van der Waals surface area contributed by atoms with E-state index in [0.717, 1.165) is 13.2 Å². The van der Waals surface area contributed by atoms with Crippen molar-refractivity contribution >= 4 is 0 Å². The van der Waals surface area contributed by atoms with E-state index in [1.807, 2.05) is 6.08 Å². The van der Waals surface area contributed by atoms with E-state index in [1.165, 1.54) is 62.5 Å². The molecule has 0 bridgehead atoms. The molecule has 0 aliphatic carbocycles. The van der Waals surface area contributed by atoms with E-state index in [-0.39, 0.29) is 0 Å².